The summed E-state index contributed by atoms with van der Waals surface area (Å²) in [7, 11) is 0. The first-order chi connectivity index (χ1) is 12.2. The fraction of sp³-hybridized carbons (Fsp3) is 0.529. The fourth-order valence-electron chi connectivity index (χ4n) is 3.21. The van der Waals surface area contributed by atoms with Crippen LogP contribution in [-0.4, -0.2) is 41.3 Å². The molecule has 3 rings (SSSR count). The molecular formula is C17H18F4N2O3. The number of nitrogens with one attached hydrogen (secondary N) is 1. The minimum Gasteiger partial charge on any atom is -0.481 e. The predicted octanol–water partition coefficient (Wildman–Crippen LogP) is 3.11. The Labute approximate surface area is 147 Å². The van der Waals surface area contributed by atoms with Gasteiger partial charge in [0.15, 0.2) is 0 Å². The number of carbonyl (C=O) groups excluding carboxylic acids is 1. The van der Waals surface area contributed by atoms with Crippen LogP contribution in [0.1, 0.15) is 29.9 Å². The molecule has 2 aliphatic rings. The number of nitrogens with zero attached hydrogens (tertiary/aromatic N) is 1. The van der Waals surface area contributed by atoms with Crippen LogP contribution >= 0.6 is 0 Å². The summed E-state index contributed by atoms with van der Waals surface area (Å²) in [5.74, 6) is -5.50. The summed E-state index contributed by atoms with van der Waals surface area (Å²) in [6, 6.07) is 3.90. The lowest BCUT2D eigenvalue weighted by atomic mass is 9.96. The van der Waals surface area contributed by atoms with Gasteiger partial charge in [-0.15, -0.1) is 0 Å². The smallest absolute Gasteiger partial charge is 0.394 e. The quantitative estimate of drug-likeness (QED) is 0.796. The largest absolute Gasteiger partial charge is 0.481 e. The van der Waals surface area contributed by atoms with Gasteiger partial charge < -0.3 is 15.3 Å². The van der Waals surface area contributed by atoms with Gasteiger partial charge in [0, 0.05) is 25.2 Å². The molecule has 1 saturated heterocycles. The normalized spacial score (nSPS) is 23.2. The van der Waals surface area contributed by atoms with Crippen molar-refractivity contribution < 1.29 is 32.3 Å². The van der Waals surface area contributed by atoms with Crippen molar-refractivity contribution in [2.24, 2.45) is 11.8 Å². The lowest BCUT2D eigenvalue weighted by molar-refractivity contribution is -0.187. The first-order valence-electron chi connectivity index (χ1n) is 8.27. The van der Waals surface area contributed by atoms with E-state index in [9.17, 15) is 27.2 Å². The van der Waals surface area contributed by atoms with E-state index in [2.05, 4.69) is 5.32 Å². The molecular weight excluding hydrogens is 356 g/mol. The number of halogens is 4. The topological polar surface area (TPSA) is 69.6 Å². The van der Waals surface area contributed by atoms with E-state index in [-0.39, 0.29) is 12.1 Å². The SMILES string of the molecule is O=C(O)[C@@H]1CN(C(=O)NCc2ccc(C3CC3)cc2F)C[C@H]1C(F)(F)F. The van der Waals surface area contributed by atoms with E-state index in [1.807, 2.05) is 0 Å². The van der Waals surface area contributed by atoms with E-state index in [1.165, 1.54) is 6.07 Å². The van der Waals surface area contributed by atoms with Crippen LogP contribution in [0.25, 0.3) is 0 Å². The minimum atomic E-state index is -4.71. The van der Waals surface area contributed by atoms with Crippen molar-refractivity contribution in [1.82, 2.24) is 10.2 Å². The summed E-state index contributed by atoms with van der Waals surface area (Å²) in [5, 5.41) is 11.3. The summed E-state index contributed by atoms with van der Waals surface area (Å²) < 4.78 is 52.9. The minimum absolute atomic E-state index is 0.180. The number of benzene rings is 1. The van der Waals surface area contributed by atoms with Crippen LogP contribution in [0.4, 0.5) is 22.4 Å². The maximum atomic E-state index is 14.1. The maximum Gasteiger partial charge on any atom is 0.394 e. The Morgan fingerprint density at radius 2 is 1.92 bits per heavy atom. The molecule has 1 aromatic rings. The molecule has 1 aliphatic heterocycles. The standard InChI is InChI=1S/C17H18F4N2O3/c18-14-5-10(9-1-2-9)3-4-11(14)6-22-16(26)23-7-12(15(24)25)13(8-23)17(19,20)21/h3-5,9,12-13H,1-2,6-8H2,(H,22,26)(H,24,25)/t12-,13-/m1/s1. The highest BCUT2D eigenvalue weighted by Gasteiger charge is 2.53. The van der Waals surface area contributed by atoms with Gasteiger partial charge in [-0.2, -0.15) is 13.2 Å². The highest BCUT2D eigenvalue weighted by Crippen LogP contribution is 2.40. The number of likely N-dealkylation sites (tertiary alicyclic amines) is 1. The monoisotopic (exact) mass is 374 g/mol. The number of carboxylic acids is 1. The zero-order valence-electron chi connectivity index (χ0n) is 13.7. The van der Waals surface area contributed by atoms with Crippen LogP contribution in [-0.2, 0) is 11.3 Å². The number of carboxylic acid groups (broad SMARTS) is 1. The van der Waals surface area contributed by atoms with Crippen molar-refractivity contribution in [3.8, 4) is 0 Å². The summed E-state index contributed by atoms with van der Waals surface area (Å²) in [6.45, 7) is -1.44. The van der Waals surface area contributed by atoms with E-state index in [0.29, 0.717) is 5.92 Å². The number of rotatable bonds is 4. The molecule has 142 valence electrons. The van der Waals surface area contributed by atoms with E-state index < -0.39 is 48.9 Å². The van der Waals surface area contributed by atoms with Gasteiger partial charge in [-0.1, -0.05) is 12.1 Å². The van der Waals surface area contributed by atoms with Crippen LogP contribution in [0.3, 0.4) is 0 Å². The Morgan fingerprint density at radius 1 is 1.23 bits per heavy atom. The van der Waals surface area contributed by atoms with Crippen molar-refractivity contribution in [2.45, 2.75) is 31.5 Å². The molecule has 9 heteroatoms. The molecule has 2 N–H and O–H groups in total. The molecule has 1 aromatic carbocycles. The average molecular weight is 374 g/mol. The Balaban J connectivity index is 1.61. The Hall–Kier alpha value is -2.32. The number of alkyl halides is 3. The highest BCUT2D eigenvalue weighted by atomic mass is 19.4. The third-order valence-electron chi connectivity index (χ3n) is 4.90. The zero-order chi connectivity index (χ0) is 19.1. The van der Waals surface area contributed by atoms with Crippen LogP contribution in [0.5, 0.6) is 0 Å². The molecule has 1 heterocycles. The van der Waals surface area contributed by atoms with Crippen molar-refractivity contribution in [2.75, 3.05) is 13.1 Å². The number of urea groups is 1. The van der Waals surface area contributed by atoms with Crippen molar-refractivity contribution in [3.05, 3.63) is 35.1 Å². The van der Waals surface area contributed by atoms with Gasteiger partial charge in [0.25, 0.3) is 0 Å². The van der Waals surface area contributed by atoms with Gasteiger partial charge >= 0.3 is 18.2 Å². The molecule has 1 aliphatic carbocycles. The third kappa shape index (κ3) is 3.91. The lowest BCUT2D eigenvalue weighted by Gasteiger charge is -2.19. The second-order valence-electron chi connectivity index (χ2n) is 6.78. The molecule has 5 nitrogen and oxygen atoms in total. The second kappa shape index (κ2) is 6.77. The van der Waals surface area contributed by atoms with Gasteiger partial charge in [0.05, 0.1) is 11.8 Å². The van der Waals surface area contributed by atoms with Crippen LogP contribution in [0.15, 0.2) is 18.2 Å². The number of hydrogen-bond donors (Lipinski definition) is 2. The average Bonchev–Trinajstić information content (AvgIpc) is 3.29. The third-order valence-corrected chi connectivity index (χ3v) is 4.90. The van der Waals surface area contributed by atoms with Gasteiger partial charge in [-0.25, -0.2) is 9.18 Å². The van der Waals surface area contributed by atoms with E-state index in [4.69, 9.17) is 5.11 Å². The zero-order valence-corrected chi connectivity index (χ0v) is 13.7. The molecule has 1 saturated carbocycles. The molecule has 0 unspecified atom stereocenters. The molecule has 2 atom stereocenters. The van der Waals surface area contributed by atoms with Gasteiger partial charge in [0.2, 0.25) is 0 Å². The molecule has 0 bridgehead atoms. The van der Waals surface area contributed by atoms with E-state index >= 15 is 0 Å². The summed E-state index contributed by atoms with van der Waals surface area (Å²) in [4.78, 5) is 23.9. The van der Waals surface area contributed by atoms with Gasteiger partial charge in [0.1, 0.15) is 5.82 Å². The van der Waals surface area contributed by atoms with Gasteiger partial charge in [-0.05, 0) is 30.4 Å². The summed E-state index contributed by atoms with van der Waals surface area (Å²) in [5.41, 5.74) is 1.12. The molecule has 2 amide bonds. The molecule has 0 aromatic heterocycles. The van der Waals surface area contributed by atoms with Gasteiger partial charge in [-0.3, -0.25) is 4.79 Å². The number of amides is 2. The second-order valence-corrected chi connectivity index (χ2v) is 6.78. The van der Waals surface area contributed by atoms with Crippen molar-refractivity contribution in [1.29, 1.82) is 0 Å². The van der Waals surface area contributed by atoms with Crippen LogP contribution < -0.4 is 5.32 Å². The predicted molar refractivity (Wildman–Crippen MR) is 82.9 cm³/mol. The number of hydrogen-bond acceptors (Lipinski definition) is 2. The highest BCUT2D eigenvalue weighted by molar-refractivity contribution is 5.77. The summed E-state index contributed by atoms with van der Waals surface area (Å²) >= 11 is 0. The molecule has 26 heavy (non-hydrogen) atoms. The lowest BCUT2D eigenvalue weighted by Crippen LogP contribution is -2.39. The molecule has 2 fully saturated rings. The number of aliphatic carboxylic acids is 1. The summed E-state index contributed by atoms with van der Waals surface area (Å²) in [6.07, 6.45) is -2.66. The fourth-order valence-corrected chi connectivity index (χ4v) is 3.21. The molecule has 0 spiro atoms. The Kier molecular flexibility index (Phi) is 4.81. The first-order valence-corrected chi connectivity index (χ1v) is 8.27. The number of carbonyl (C=O) groups is 2. The first kappa shape index (κ1) is 18.5. The Morgan fingerprint density at radius 3 is 2.42 bits per heavy atom. The molecule has 0 radical (unpaired) electrons. The van der Waals surface area contributed by atoms with Crippen LogP contribution in [0.2, 0.25) is 0 Å². The maximum absolute atomic E-state index is 14.1. The Bertz CT molecular complexity index is 718. The van der Waals surface area contributed by atoms with E-state index in [0.717, 1.165) is 23.3 Å². The van der Waals surface area contributed by atoms with Crippen molar-refractivity contribution >= 4 is 12.0 Å². The van der Waals surface area contributed by atoms with Crippen LogP contribution in [0, 0.1) is 17.7 Å². The van der Waals surface area contributed by atoms with E-state index in [1.54, 1.807) is 12.1 Å². The van der Waals surface area contributed by atoms with Crippen molar-refractivity contribution in [3.63, 3.8) is 0 Å².